The number of anilines is 1. The average molecular weight is 453 g/mol. The molecule has 0 fully saturated rings. The van der Waals surface area contributed by atoms with Gasteiger partial charge >= 0.3 is 0 Å². The number of hydrogen-bond donors (Lipinski definition) is 0. The fourth-order valence-electron chi connectivity index (χ4n) is 3.54. The van der Waals surface area contributed by atoms with Crippen molar-refractivity contribution < 1.29 is 9.21 Å². The molecular weight excluding hydrogens is 436 g/mol. The number of halogens is 1. The summed E-state index contributed by atoms with van der Waals surface area (Å²) in [5.74, 6) is 0.513. The smallest absolute Gasteiger partial charge is 0.272 e. The van der Waals surface area contributed by atoms with Crippen LogP contribution in [0.15, 0.2) is 59.2 Å². The monoisotopic (exact) mass is 452 g/mol. The minimum atomic E-state index is -0.175. The van der Waals surface area contributed by atoms with E-state index < -0.39 is 0 Å². The van der Waals surface area contributed by atoms with Crippen LogP contribution in [0.4, 0.5) is 5.13 Å². The average Bonchev–Trinajstić information content (AvgIpc) is 3.45. The molecule has 0 radical (unpaired) electrons. The van der Waals surface area contributed by atoms with E-state index in [0.29, 0.717) is 20.8 Å². The highest BCUT2D eigenvalue weighted by atomic mass is 35.5. The number of thiazole rings is 1. The number of thiophene rings is 1. The summed E-state index contributed by atoms with van der Waals surface area (Å²) in [6, 6.07) is 15.6. The van der Waals surface area contributed by atoms with Gasteiger partial charge in [0.1, 0.15) is 10.6 Å². The van der Waals surface area contributed by atoms with Crippen LogP contribution in [0, 0.1) is 13.8 Å². The van der Waals surface area contributed by atoms with Crippen molar-refractivity contribution in [2.75, 3.05) is 4.90 Å². The first-order valence-electron chi connectivity index (χ1n) is 9.40. The maximum Gasteiger partial charge on any atom is 0.272 e. The van der Waals surface area contributed by atoms with Crippen molar-refractivity contribution in [3.63, 3.8) is 0 Å². The number of carbonyl (C=O) groups excluding carboxylic acids is 1. The lowest BCUT2D eigenvalue weighted by atomic mass is 10.1. The first-order valence-corrected chi connectivity index (χ1v) is 11.4. The van der Waals surface area contributed by atoms with E-state index in [1.807, 2.05) is 49.4 Å². The van der Waals surface area contributed by atoms with E-state index >= 15 is 0 Å². The van der Waals surface area contributed by atoms with Crippen molar-refractivity contribution in [2.45, 2.75) is 20.4 Å². The first-order chi connectivity index (χ1) is 14.5. The molecular formula is C23H17ClN2O2S2. The Kier molecular flexibility index (Phi) is 4.85. The molecule has 0 saturated carbocycles. The van der Waals surface area contributed by atoms with Crippen LogP contribution in [0.5, 0.6) is 0 Å². The van der Waals surface area contributed by atoms with Crippen LogP contribution in [-0.4, -0.2) is 10.9 Å². The molecule has 0 atom stereocenters. The van der Waals surface area contributed by atoms with Crippen LogP contribution in [-0.2, 0) is 6.54 Å². The van der Waals surface area contributed by atoms with Gasteiger partial charge in [-0.2, -0.15) is 0 Å². The van der Waals surface area contributed by atoms with Gasteiger partial charge in [0, 0.05) is 10.1 Å². The molecule has 0 N–H and O–H groups in total. The molecule has 0 unspecified atom stereocenters. The predicted molar refractivity (Wildman–Crippen MR) is 125 cm³/mol. The number of hydrogen-bond acceptors (Lipinski definition) is 5. The Balaban J connectivity index is 1.64. The summed E-state index contributed by atoms with van der Waals surface area (Å²) in [6.45, 7) is 4.40. The molecule has 0 aliphatic carbocycles. The minimum Gasteiger partial charge on any atom is -0.467 e. The standard InChI is InChI=1S/C23H17ClN2O2S2/c1-13-10-14(2)20-17(11-13)25-23(30-20)26(12-15-6-5-9-28-15)22(27)21-19(24)16-7-3-4-8-18(16)29-21/h3-11H,12H2,1-2H3. The van der Waals surface area contributed by atoms with Gasteiger partial charge in [0.15, 0.2) is 5.13 Å². The molecule has 3 heterocycles. The third-order valence-electron chi connectivity index (χ3n) is 4.91. The number of benzene rings is 2. The topological polar surface area (TPSA) is 46.3 Å². The SMILES string of the molecule is Cc1cc(C)c2sc(N(Cc3ccco3)C(=O)c3sc4ccccc4c3Cl)nc2c1. The van der Waals surface area contributed by atoms with Crippen LogP contribution in [0.3, 0.4) is 0 Å². The summed E-state index contributed by atoms with van der Waals surface area (Å²) in [7, 11) is 0. The van der Waals surface area contributed by atoms with E-state index in [9.17, 15) is 4.79 Å². The number of fused-ring (bicyclic) bond motifs is 2. The largest absolute Gasteiger partial charge is 0.467 e. The van der Waals surface area contributed by atoms with E-state index in [-0.39, 0.29) is 12.5 Å². The molecule has 0 saturated heterocycles. The van der Waals surface area contributed by atoms with Crippen LogP contribution in [0.25, 0.3) is 20.3 Å². The molecule has 3 aromatic heterocycles. The van der Waals surface area contributed by atoms with Gasteiger partial charge in [-0.05, 0) is 49.2 Å². The quantitative estimate of drug-likeness (QED) is 0.289. The number of aryl methyl sites for hydroxylation is 2. The molecule has 2 aromatic carbocycles. The molecule has 150 valence electrons. The number of aromatic nitrogens is 1. The number of rotatable bonds is 4. The highest BCUT2D eigenvalue weighted by molar-refractivity contribution is 7.23. The van der Waals surface area contributed by atoms with Crippen molar-refractivity contribution in [3.8, 4) is 0 Å². The number of furan rings is 1. The second kappa shape index (κ2) is 7.54. The fraction of sp³-hybridized carbons (Fsp3) is 0.130. The number of amides is 1. The summed E-state index contributed by atoms with van der Waals surface area (Å²) in [5, 5.41) is 2.01. The van der Waals surface area contributed by atoms with Gasteiger partial charge in [-0.3, -0.25) is 9.69 Å². The van der Waals surface area contributed by atoms with Crippen LogP contribution in [0.1, 0.15) is 26.6 Å². The molecule has 0 bridgehead atoms. The van der Waals surface area contributed by atoms with E-state index in [1.165, 1.54) is 22.7 Å². The first kappa shape index (κ1) is 19.3. The lowest BCUT2D eigenvalue weighted by Gasteiger charge is -2.18. The summed E-state index contributed by atoms with van der Waals surface area (Å²) in [4.78, 5) is 20.6. The normalized spacial score (nSPS) is 11.4. The van der Waals surface area contributed by atoms with Gasteiger partial charge in [-0.25, -0.2) is 4.98 Å². The molecule has 0 aliphatic heterocycles. The third-order valence-corrected chi connectivity index (χ3v) is 7.80. The van der Waals surface area contributed by atoms with E-state index in [4.69, 9.17) is 21.0 Å². The lowest BCUT2D eigenvalue weighted by molar-refractivity contribution is 0.0987. The third kappa shape index (κ3) is 3.31. The number of carbonyl (C=O) groups is 1. The maximum atomic E-state index is 13.7. The second-order valence-corrected chi connectivity index (χ2v) is 9.55. The summed E-state index contributed by atoms with van der Waals surface area (Å²) in [5.41, 5.74) is 3.19. The Hall–Kier alpha value is -2.67. The van der Waals surface area contributed by atoms with Crippen LogP contribution in [0.2, 0.25) is 5.02 Å². The molecule has 7 heteroatoms. The van der Waals surface area contributed by atoms with Gasteiger partial charge in [0.2, 0.25) is 0 Å². The Morgan fingerprint density at radius 1 is 1.13 bits per heavy atom. The van der Waals surface area contributed by atoms with Crippen molar-refractivity contribution in [1.29, 1.82) is 0 Å². The maximum absolute atomic E-state index is 13.7. The van der Waals surface area contributed by atoms with E-state index in [2.05, 4.69) is 13.0 Å². The Labute approximate surface area is 186 Å². The van der Waals surface area contributed by atoms with Crippen molar-refractivity contribution in [3.05, 3.63) is 81.6 Å². The second-order valence-electron chi connectivity index (χ2n) is 7.14. The minimum absolute atomic E-state index is 0.175. The van der Waals surface area contributed by atoms with Gasteiger partial charge in [0.25, 0.3) is 5.91 Å². The summed E-state index contributed by atoms with van der Waals surface area (Å²) in [6.07, 6.45) is 1.61. The number of nitrogens with zero attached hydrogens (tertiary/aromatic N) is 2. The van der Waals surface area contributed by atoms with Gasteiger partial charge in [-0.15, -0.1) is 11.3 Å². The Morgan fingerprint density at radius 2 is 1.97 bits per heavy atom. The summed E-state index contributed by atoms with van der Waals surface area (Å²) < 4.78 is 7.60. The highest BCUT2D eigenvalue weighted by Crippen LogP contribution is 2.39. The highest BCUT2D eigenvalue weighted by Gasteiger charge is 2.27. The van der Waals surface area contributed by atoms with Crippen LogP contribution >= 0.6 is 34.3 Å². The lowest BCUT2D eigenvalue weighted by Crippen LogP contribution is -2.29. The van der Waals surface area contributed by atoms with E-state index in [0.717, 1.165) is 31.4 Å². The van der Waals surface area contributed by atoms with Crippen molar-refractivity contribution in [2.24, 2.45) is 0 Å². The Bertz CT molecular complexity index is 1390. The zero-order valence-electron chi connectivity index (χ0n) is 16.3. The molecule has 1 amide bonds. The van der Waals surface area contributed by atoms with Gasteiger partial charge < -0.3 is 4.42 Å². The predicted octanol–water partition coefficient (Wildman–Crippen LogP) is 7.22. The molecule has 0 spiro atoms. The molecule has 30 heavy (non-hydrogen) atoms. The zero-order valence-corrected chi connectivity index (χ0v) is 18.7. The molecule has 4 nitrogen and oxygen atoms in total. The fourth-order valence-corrected chi connectivity index (χ4v) is 6.01. The Morgan fingerprint density at radius 3 is 2.73 bits per heavy atom. The van der Waals surface area contributed by atoms with Gasteiger partial charge in [0.05, 0.1) is 28.0 Å². The molecule has 5 rings (SSSR count). The zero-order chi connectivity index (χ0) is 20.8. The van der Waals surface area contributed by atoms with Crippen LogP contribution < -0.4 is 4.90 Å². The van der Waals surface area contributed by atoms with Crippen molar-refractivity contribution in [1.82, 2.24) is 4.98 Å². The van der Waals surface area contributed by atoms with E-state index in [1.54, 1.807) is 11.2 Å². The van der Waals surface area contributed by atoms with Crippen molar-refractivity contribution >= 4 is 65.6 Å². The molecule has 5 aromatic rings. The van der Waals surface area contributed by atoms with Gasteiger partial charge in [-0.1, -0.05) is 47.2 Å². The summed E-state index contributed by atoms with van der Waals surface area (Å²) >= 11 is 9.53. The molecule has 0 aliphatic rings.